The van der Waals surface area contributed by atoms with Crippen LogP contribution in [-0.4, -0.2) is 41.4 Å². The number of hydrogen-bond acceptors (Lipinski definition) is 3. The minimum atomic E-state index is -0.252. The summed E-state index contributed by atoms with van der Waals surface area (Å²) in [4.78, 5) is 14.0. The van der Waals surface area contributed by atoms with Gasteiger partial charge < -0.3 is 10.2 Å². The van der Waals surface area contributed by atoms with Crippen LogP contribution in [0.25, 0.3) is 0 Å². The number of anilines is 1. The average molecular weight is 301 g/mol. The largest absolute Gasteiger partial charge is 0.336 e. The summed E-state index contributed by atoms with van der Waals surface area (Å²) in [6, 6.07) is 9.98. The molecule has 0 saturated carbocycles. The van der Waals surface area contributed by atoms with Gasteiger partial charge in [-0.3, -0.25) is 10.00 Å². The zero-order valence-electron chi connectivity index (χ0n) is 13.5. The number of benzene rings is 1. The van der Waals surface area contributed by atoms with Crippen molar-refractivity contribution in [3.63, 3.8) is 0 Å². The molecule has 118 valence electrons. The Kier molecular flexibility index (Phi) is 5.16. The fraction of sp³-hybridized carbons (Fsp3) is 0.375. The summed E-state index contributed by atoms with van der Waals surface area (Å²) >= 11 is 0. The average Bonchev–Trinajstić information content (AvgIpc) is 2.86. The van der Waals surface area contributed by atoms with Crippen LogP contribution in [0.4, 0.5) is 10.6 Å². The van der Waals surface area contributed by atoms with Gasteiger partial charge in [0.25, 0.3) is 0 Å². The fourth-order valence-electron chi connectivity index (χ4n) is 2.22. The molecule has 0 radical (unpaired) electrons. The summed E-state index contributed by atoms with van der Waals surface area (Å²) < 4.78 is 1.64. The highest BCUT2D eigenvalue weighted by molar-refractivity contribution is 5.88. The van der Waals surface area contributed by atoms with E-state index < -0.39 is 0 Å². The van der Waals surface area contributed by atoms with E-state index in [1.165, 1.54) is 11.1 Å². The molecule has 6 heteroatoms. The van der Waals surface area contributed by atoms with Crippen molar-refractivity contribution in [2.24, 2.45) is 7.05 Å². The van der Waals surface area contributed by atoms with Gasteiger partial charge in [0.05, 0.1) is 6.04 Å². The van der Waals surface area contributed by atoms with E-state index in [9.17, 15) is 4.79 Å². The number of likely N-dealkylation sites (N-methyl/N-ethyl adjacent to an activating group) is 1. The third-order valence-electron chi connectivity index (χ3n) is 3.50. The van der Waals surface area contributed by atoms with Crippen LogP contribution in [0.15, 0.2) is 36.5 Å². The number of rotatable bonds is 5. The second-order valence-corrected chi connectivity index (χ2v) is 5.60. The van der Waals surface area contributed by atoms with E-state index in [1.807, 2.05) is 21.1 Å². The molecule has 2 rings (SSSR count). The Hall–Kier alpha value is -2.34. The van der Waals surface area contributed by atoms with Crippen molar-refractivity contribution in [3.8, 4) is 0 Å². The Labute approximate surface area is 131 Å². The Bertz CT molecular complexity index is 618. The highest BCUT2D eigenvalue weighted by atomic mass is 16.2. The highest BCUT2D eigenvalue weighted by Crippen LogP contribution is 2.17. The number of urea groups is 1. The molecule has 1 atom stereocenters. The lowest BCUT2D eigenvalue weighted by molar-refractivity contribution is 0.243. The van der Waals surface area contributed by atoms with Crippen LogP contribution < -0.4 is 10.6 Å². The maximum Gasteiger partial charge on any atom is 0.320 e. The van der Waals surface area contributed by atoms with Crippen molar-refractivity contribution in [2.45, 2.75) is 13.0 Å². The Morgan fingerprint density at radius 2 is 1.95 bits per heavy atom. The third-order valence-corrected chi connectivity index (χ3v) is 3.50. The molecule has 1 heterocycles. The third kappa shape index (κ3) is 4.33. The first-order valence-corrected chi connectivity index (χ1v) is 7.23. The summed E-state index contributed by atoms with van der Waals surface area (Å²) in [6.45, 7) is 2.59. The molecule has 0 saturated heterocycles. The molecule has 0 fully saturated rings. The molecular weight excluding hydrogens is 278 g/mol. The molecule has 0 aliphatic carbocycles. The summed E-state index contributed by atoms with van der Waals surface area (Å²) in [5.74, 6) is 0.539. The molecular formula is C16H23N5O. The number of carbonyl (C=O) groups excluding carboxylic acids is 1. The van der Waals surface area contributed by atoms with Crippen LogP contribution in [0.1, 0.15) is 17.2 Å². The molecule has 1 aromatic carbocycles. The zero-order chi connectivity index (χ0) is 16.1. The first kappa shape index (κ1) is 16.0. The van der Waals surface area contributed by atoms with Gasteiger partial charge in [0.2, 0.25) is 0 Å². The molecule has 0 aliphatic rings. The van der Waals surface area contributed by atoms with Gasteiger partial charge in [-0.25, -0.2) is 4.79 Å². The van der Waals surface area contributed by atoms with E-state index in [4.69, 9.17) is 0 Å². The zero-order valence-corrected chi connectivity index (χ0v) is 13.5. The molecule has 0 bridgehead atoms. The lowest BCUT2D eigenvalue weighted by Gasteiger charge is -2.25. The van der Waals surface area contributed by atoms with E-state index in [0.29, 0.717) is 12.4 Å². The first-order valence-electron chi connectivity index (χ1n) is 7.23. The summed E-state index contributed by atoms with van der Waals surface area (Å²) in [5.41, 5.74) is 2.40. The molecule has 0 unspecified atom stereocenters. The van der Waals surface area contributed by atoms with E-state index in [1.54, 1.807) is 16.9 Å². The van der Waals surface area contributed by atoms with Crippen molar-refractivity contribution >= 4 is 11.8 Å². The minimum absolute atomic E-state index is 0.120. The maximum absolute atomic E-state index is 11.9. The number of carbonyl (C=O) groups is 1. The molecule has 6 nitrogen and oxygen atoms in total. The van der Waals surface area contributed by atoms with Crippen LogP contribution in [0, 0.1) is 6.92 Å². The monoisotopic (exact) mass is 301 g/mol. The van der Waals surface area contributed by atoms with E-state index in [2.05, 4.69) is 51.8 Å². The lowest BCUT2D eigenvalue weighted by atomic mass is 10.0. The molecule has 0 spiro atoms. The van der Waals surface area contributed by atoms with Crippen LogP contribution in [0.3, 0.4) is 0 Å². The van der Waals surface area contributed by atoms with Crippen molar-refractivity contribution in [1.82, 2.24) is 20.0 Å². The fourth-order valence-corrected chi connectivity index (χ4v) is 2.22. The topological polar surface area (TPSA) is 62.2 Å². The first-order chi connectivity index (χ1) is 10.5. The molecule has 1 aromatic heterocycles. The highest BCUT2D eigenvalue weighted by Gasteiger charge is 2.15. The molecule has 22 heavy (non-hydrogen) atoms. The minimum Gasteiger partial charge on any atom is -0.336 e. The SMILES string of the molecule is Cc1ccc([C@@H](CNC(=O)Nc2ccn(C)n2)N(C)C)cc1. The van der Waals surface area contributed by atoms with Gasteiger partial charge in [0, 0.05) is 25.9 Å². The van der Waals surface area contributed by atoms with Crippen molar-refractivity contribution in [3.05, 3.63) is 47.7 Å². The molecule has 2 N–H and O–H groups in total. The number of aromatic nitrogens is 2. The van der Waals surface area contributed by atoms with Gasteiger partial charge in [0.1, 0.15) is 0 Å². The number of amides is 2. The number of nitrogens with zero attached hydrogens (tertiary/aromatic N) is 3. The van der Waals surface area contributed by atoms with Crippen molar-refractivity contribution in [1.29, 1.82) is 0 Å². The Morgan fingerprint density at radius 1 is 1.27 bits per heavy atom. The maximum atomic E-state index is 11.9. The van der Waals surface area contributed by atoms with Gasteiger partial charge >= 0.3 is 6.03 Å². The van der Waals surface area contributed by atoms with Crippen LogP contribution in [-0.2, 0) is 7.05 Å². The second kappa shape index (κ2) is 7.09. The quantitative estimate of drug-likeness (QED) is 0.889. The van der Waals surface area contributed by atoms with E-state index >= 15 is 0 Å². The standard InChI is InChI=1S/C16H23N5O/c1-12-5-7-13(8-6-12)14(20(2)3)11-17-16(22)18-15-9-10-21(4)19-15/h5-10,14H,11H2,1-4H3,(H2,17,18,19,22)/t14-/m1/s1. The predicted octanol–water partition coefficient (Wildman–Crippen LogP) is 2.15. The summed E-state index contributed by atoms with van der Waals surface area (Å²) in [5, 5.41) is 9.73. The van der Waals surface area contributed by atoms with E-state index in [0.717, 1.165) is 0 Å². The van der Waals surface area contributed by atoms with Gasteiger partial charge in [-0.2, -0.15) is 5.10 Å². The Morgan fingerprint density at radius 3 is 2.50 bits per heavy atom. The molecule has 2 amide bonds. The second-order valence-electron chi connectivity index (χ2n) is 5.60. The number of aryl methyl sites for hydroxylation is 2. The molecule has 2 aromatic rings. The van der Waals surface area contributed by atoms with Crippen molar-refractivity contribution in [2.75, 3.05) is 26.0 Å². The Balaban J connectivity index is 1.94. The van der Waals surface area contributed by atoms with Crippen LogP contribution >= 0.6 is 0 Å². The summed E-state index contributed by atoms with van der Waals surface area (Å²) in [6.07, 6.45) is 1.78. The predicted molar refractivity (Wildman–Crippen MR) is 87.8 cm³/mol. The number of nitrogens with one attached hydrogen (secondary N) is 2. The van der Waals surface area contributed by atoms with Gasteiger partial charge in [-0.05, 0) is 26.6 Å². The lowest BCUT2D eigenvalue weighted by Crippen LogP contribution is -2.37. The van der Waals surface area contributed by atoms with Gasteiger partial charge in [-0.15, -0.1) is 0 Å². The van der Waals surface area contributed by atoms with Crippen molar-refractivity contribution < 1.29 is 4.79 Å². The molecule has 0 aliphatic heterocycles. The van der Waals surface area contributed by atoms with E-state index in [-0.39, 0.29) is 12.1 Å². The van der Waals surface area contributed by atoms with Crippen LogP contribution in [0.2, 0.25) is 0 Å². The normalized spacial score (nSPS) is 12.2. The summed E-state index contributed by atoms with van der Waals surface area (Å²) in [7, 11) is 5.81. The van der Waals surface area contributed by atoms with Gasteiger partial charge in [0.15, 0.2) is 5.82 Å². The number of hydrogen-bond donors (Lipinski definition) is 2. The smallest absolute Gasteiger partial charge is 0.320 e. The van der Waals surface area contributed by atoms with Crippen LogP contribution in [0.5, 0.6) is 0 Å². The van der Waals surface area contributed by atoms with Gasteiger partial charge in [-0.1, -0.05) is 29.8 Å².